The molecule has 5 heteroatoms. The fourth-order valence-corrected chi connectivity index (χ4v) is 3.66. The first kappa shape index (κ1) is 15.1. The Kier molecular flexibility index (Phi) is 5.20. The number of hydrogen-bond donors (Lipinski definition) is 1. The third-order valence-electron chi connectivity index (χ3n) is 3.48. The number of phenolic OH excluding ortho intramolecular Hbond substituents is 1. The Morgan fingerprint density at radius 1 is 1.10 bits per heavy atom. The molecule has 4 nitrogen and oxygen atoms in total. The Bertz CT molecular complexity index is 549. The average Bonchev–Trinajstić information content (AvgIpc) is 2.45. The molecule has 1 aliphatic rings. The Morgan fingerprint density at radius 3 is 2.50 bits per heavy atom. The van der Waals surface area contributed by atoms with Gasteiger partial charge in [0.2, 0.25) is 0 Å². The van der Waals surface area contributed by atoms with Gasteiger partial charge in [0.15, 0.2) is 9.84 Å². The quantitative estimate of drug-likeness (QED) is 0.646. The molecule has 0 saturated carbocycles. The van der Waals surface area contributed by atoms with Crippen molar-refractivity contribution in [3.8, 4) is 5.75 Å². The highest BCUT2D eigenvalue weighted by Gasteiger charge is 2.14. The van der Waals surface area contributed by atoms with Crippen molar-refractivity contribution >= 4 is 9.84 Å². The minimum Gasteiger partial charge on any atom is -0.508 e. The van der Waals surface area contributed by atoms with Gasteiger partial charge in [-0.3, -0.25) is 4.90 Å². The topological polar surface area (TPSA) is 57.6 Å². The SMILES string of the molecule is O=S(=O)(CCCCN1CC=CCC1)c1ccc(O)cc1. The molecule has 110 valence electrons. The Labute approximate surface area is 120 Å². The van der Waals surface area contributed by atoms with Crippen molar-refractivity contribution in [2.75, 3.05) is 25.4 Å². The minimum atomic E-state index is -3.22. The minimum absolute atomic E-state index is 0.0853. The van der Waals surface area contributed by atoms with Gasteiger partial charge in [-0.15, -0.1) is 0 Å². The highest BCUT2D eigenvalue weighted by Crippen LogP contribution is 2.17. The van der Waals surface area contributed by atoms with Crippen LogP contribution in [0.1, 0.15) is 19.3 Å². The van der Waals surface area contributed by atoms with Crippen LogP contribution in [0.5, 0.6) is 5.75 Å². The van der Waals surface area contributed by atoms with Crippen molar-refractivity contribution in [2.45, 2.75) is 24.2 Å². The zero-order valence-electron chi connectivity index (χ0n) is 11.5. The molecule has 0 fully saturated rings. The van der Waals surface area contributed by atoms with E-state index in [9.17, 15) is 13.5 Å². The molecule has 0 aromatic heterocycles. The van der Waals surface area contributed by atoms with E-state index in [0.29, 0.717) is 6.42 Å². The molecule has 0 aliphatic carbocycles. The maximum atomic E-state index is 12.1. The van der Waals surface area contributed by atoms with Crippen LogP contribution in [0.3, 0.4) is 0 Å². The van der Waals surface area contributed by atoms with Crippen LogP contribution in [0.15, 0.2) is 41.3 Å². The lowest BCUT2D eigenvalue weighted by molar-refractivity contribution is 0.294. The first-order valence-corrected chi connectivity index (χ1v) is 8.62. The van der Waals surface area contributed by atoms with E-state index in [1.807, 2.05) is 0 Å². The number of rotatable bonds is 6. The summed E-state index contributed by atoms with van der Waals surface area (Å²) in [7, 11) is -3.22. The van der Waals surface area contributed by atoms with Crippen molar-refractivity contribution in [1.82, 2.24) is 4.90 Å². The maximum Gasteiger partial charge on any atom is 0.178 e. The number of unbranched alkanes of at least 4 members (excludes halogenated alkanes) is 1. The number of benzene rings is 1. The number of nitrogens with zero attached hydrogens (tertiary/aromatic N) is 1. The van der Waals surface area contributed by atoms with Crippen molar-refractivity contribution in [1.29, 1.82) is 0 Å². The summed E-state index contributed by atoms with van der Waals surface area (Å²) in [4.78, 5) is 2.63. The van der Waals surface area contributed by atoms with Gasteiger partial charge in [0, 0.05) is 13.1 Å². The van der Waals surface area contributed by atoms with Crippen LogP contribution in [-0.4, -0.2) is 43.8 Å². The van der Waals surface area contributed by atoms with Crippen molar-refractivity contribution in [3.63, 3.8) is 0 Å². The molecule has 0 amide bonds. The second-order valence-corrected chi connectivity index (χ2v) is 7.19. The molecular formula is C15H21NO3S. The fraction of sp³-hybridized carbons (Fsp3) is 0.467. The van der Waals surface area contributed by atoms with Gasteiger partial charge in [0.1, 0.15) is 5.75 Å². The van der Waals surface area contributed by atoms with E-state index in [-0.39, 0.29) is 16.4 Å². The van der Waals surface area contributed by atoms with Gasteiger partial charge >= 0.3 is 0 Å². The van der Waals surface area contributed by atoms with E-state index in [2.05, 4.69) is 17.1 Å². The molecule has 1 aliphatic heterocycles. The summed E-state index contributed by atoms with van der Waals surface area (Å²) in [6.07, 6.45) is 7.00. The van der Waals surface area contributed by atoms with Gasteiger partial charge in [-0.2, -0.15) is 0 Å². The zero-order valence-corrected chi connectivity index (χ0v) is 12.3. The smallest absolute Gasteiger partial charge is 0.178 e. The van der Waals surface area contributed by atoms with Gasteiger partial charge in [-0.05, 0) is 50.1 Å². The summed E-state index contributed by atoms with van der Waals surface area (Å²) in [5.41, 5.74) is 0. The third kappa shape index (κ3) is 4.35. The van der Waals surface area contributed by atoms with Crippen LogP contribution in [-0.2, 0) is 9.84 Å². The van der Waals surface area contributed by atoms with Crippen molar-refractivity contribution < 1.29 is 13.5 Å². The molecule has 0 atom stereocenters. The summed E-state index contributed by atoms with van der Waals surface area (Å²) in [5, 5.41) is 9.17. The molecule has 0 spiro atoms. The summed E-state index contributed by atoms with van der Waals surface area (Å²) >= 11 is 0. The lowest BCUT2D eigenvalue weighted by atomic mass is 10.2. The molecule has 2 rings (SSSR count). The van der Waals surface area contributed by atoms with Crippen LogP contribution in [0.25, 0.3) is 0 Å². The van der Waals surface area contributed by atoms with Crippen molar-refractivity contribution in [2.24, 2.45) is 0 Å². The first-order valence-electron chi connectivity index (χ1n) is 6.97. The van der Waals surface area contributed by atoms with Gasteiger partial charge < -0.3 is 5.11 Å². The summed E-state index contributed by atoms with van der Waals surface area (Å²) in [5.74, 6) is 0.253. The second kappa shape index (κ2) is 6.90. The fourth-order valence-electron chi connectivity index (χ4n) is 2.29. The van der Waals surface area contributed by atoms with Crippen LogP contribution >= 0.6 is 0 Å². The Morgan fingerprint density at radius 2 is 1.85 bits per heavy atom. The summed E-state index contributed by atoms with van der Waals surface area (Å²) in [6, 6.07) is 5.74. The van der Waals surface area contributed by atoms with Crippen LogP contribution < -0.4 is 0 Å². The summed E-state index contributed by atoms with van der Waals surface area (Å²) < 4.78 is 24.2. The molecule has 1 aromatic carbocycles. The molecule has 20 heavy (non-hydrogen) atoms. The first-order chi connectivity index (χ1) is 9.58. The van der Waals surface area contributed by atoms with Gasteiger partial charge in [-0.25, -0.2) is 8.42 Å². The van der Waals surface area contributed by atoms with Crippen LogP contribution in [0, 0.1) is 0 Å². The van der Waals surface area contributed by atoms with Crippen LogP contribution in [0.4, 0.5) is 0 Å². The molecular weight excluding hydrogens is 274 g/mol. The Balaban J connectivity index is 1.77. The van der Waals surface area contributed by atoms with E-state index in [1.54, 1.807) is 0 Å². The molecule has 1 N–H and O–H groups in total. The van der Waals surface area contributed by atoms with Gasteiger partial charge in [0.25, 0.3) is 0 Å². The number of sulfone groups is 1. The van der Waals surface area contributed by atoms with E-state index >= 15 is 0 Å². The van der Waals surface area contributed by atoms with Gasteiger partial charge in [-0.1, -0.05) is 12.2 Å². The molecule has 0 bridgehead atoms. The molecule has 0 unspecified atom stereocenters. The molecule has 0 saturated heterocycles. The third-order valence-corrected chi connectivity index (χ3v) is 5.29. The Hall–Kier alpha value is -1.33. The normalized spacial score (nSPS) is 16.4. The average molecular weight is 295 g/mol. The van der Waals surface area contributed by atoms with Crippen LogP contribution in [0.2, 0.25) is 0 Å². The lowest BCUT2D eigenvalue weighted by Crippen LogP contribution is -2.28. The zero-order chi connectivity index (χ0) is 14.4. The monoisotopic (exact) mass is 295 g/mol. The predicted octanol–water partition coefficient (Wildman–Crippen LogP) is 2.21. The second-order valence-electron chi connectivity index (χ2n) is 5.08. The molecule has 1 heterocycles. The lowest BCUT2D eigenvalue weighted by Gasteiger charge is -2.22. The standard InChI is InChI=1S/C15H21NO3S/c17-14-6-8-15(9-7-14)20(18,19)13-5-4-12-16-10-2-1-3-11-16/h1-2,6-9,17H,3-5,10-13H2. The van der Waals surface area contributed by atoms with E-state index < -0.39 is 9.84 Å². The molecule has 1 aromatic rings. The van der Waals surface area contributed by atoms with Crippen molar-refractivity contribution in [3.05, 3.63) is 36.4 Å². The summed E-state index contributed by atoms with van der Waals surface area (Å²) in [6.45, 7) is 3.00. The predicted molar refractivity (Wildman–Crippen MR) is 79.6 cm³/mol. The van der Waals surface area contributed by atoms with E-state index in [4.69, 9.17) is 0 Å². The molecule has 0 radical (unpaired) electrons. The number of hydrogen-bond acceptors (Lipinski definition) is 4. The van der Waals surface area contributed by atoms with E-state index in [1.165, 1.54) is 24.3 Å². The largest absolute Gasteiger partial charge is 0.508 e. The number of aromatic hydroxyl groups is 1. The highest BCUT2D eigenvalue weighted by molar-refractivity contribution is 7.91. The maximum absolute atomic E-state index is 12.1. The van der Waals surface area contributed by atoms with E-state index in [0.717, 1.165) is 32.5 Å². The van der Waals surface area contributed by atoms with Gasteiger partial charge in [0.05, 0.1) is 10.6 Å². The number of phenols is 1. The highest BCUT2D eigenvalue weighted by atomic mass is 32.2.